The maximum atomic E-state index is 14.4. The van der Waals surface area contributed by atoms with E-state index >= 15 is 0 Å². The zero-order valence-corrected chi connectivity index (χ0v) is 17.7. The largest absolute Gasteiger partial charge is 0.341 e. The van der Waals surface area contributed by atoms with Crippen LogP contribution in [0.4, 0.5) is 4.39 Å². The number of carbonyl (C=O) groups is 1. The topological polar surface area (TPSA) is 73.4 Å². The first-order chi connectivity index (χ1) is 14.7. The maximum Gasteiger partial charge on any atom is 0.236 e. The average Bonchev–Trinajstić information content (AvgIpc) is 3.44. The Balaban J connectivity index is 1.22. The summed E-state index contributed by atoms with van der Waals surface area (Å²) in [6.45, 7) is 3.64. The molecule has 9 heteroatoms. The van der Waals surface area contributed by atoms with Crippen molar-refractivity contribution in [1.29, 1.82) is 0 Å². The average molecular weight is 431 g/mol. The van der Waals surface area contributed by atoms with Gasteiger partial charge in [0.25, 0.3) is 0 Å². The number of hydrogen-bond donors (Lipinski definition) is 2. The predicted octanol–water partition coefficient (Wildman–Crippen LogP) is 1.92. The van der Waals surface area contributed by atoms with E-state index in [1.54, 1.807) is 6.07 Å². The molecule has 5 rings (SSSR count). The number of rotatable bonds is 4. The summed E-state index contributed by atoms with van der Waals surface area (Å²) in [6, 6.07) is 7.05. The number of carbonyl (C=O) groups excluding carboxylic acids is 1. The molecule has 0 bridgehead atoms. The third kappa shape index (κ3) is 3.99. The van der Waals surface area contributed by atoms with Crippen LogP contribution in [0.25, 0.3) is 0 Å². The molecule has 0 spiro atoms. The van der Waals surface area contributed by atoms with Gasteiger partial charge in [0.05, 0.1) is 18.3 Å². The molecule has 1 amide bonds. The summed E-state index contributed by atoms with van der Waals surface area (Å²) in [6.07, 6.45) is 3.05. The molecule has 3 aliphatic heterocycles. The van der Waals surface area contributed by atoms with Gasteiger partial charge in [-0.2, -0.15) is 0 Å². The lowest BCUT2D eigenvalue weighted by Gasteiger charge is -2.38. The van der Waals surface area contributed by atoms with Crippen LogP contribution in [0.3, 0.4) is 0 Å². The van der Waals surface area contributed by atoms with Gasteiger partial charge in [0, 0.05) is 48.5 Å². The second kappa shape index (κ2) is 8.66. The van der Waals surface area contributed by atoms with Crippen LogP contribution < -0.4 is 10.9 Å². The van der Waals surface area contributed by atoms with E-state index in [1.807, 2.05) is 22.4 Å². The number of aromatic nitrogens is 2. The van der Waals surface area contributed by atoms with Gasteiger partial charge in [0.1, 0.15) is 5.82 Å². The normalized spacial score (nSPS) is 29.7. The highest BCUT2D eigenvalue weighted by Gasteiger charge is 2.42. The molecular formula is C21H27FN6OS. The summed E-state index contributed by atoms with van der Waals surface area (Å²) in [5, 5.41) is 6.24. The summed E-state index contributed by atoms with van der Waals surface area (Å²) in [4.78, 5) is 17.3. The Bertz CT molecular complexity index is 880. The standard InChI is InChI=1S/C21H27FN6OS/c22-17-6-2-1-5-15(17)21-16-11-28(9-7-18(16)23-25-21)20(29)12-27-8-3-4-14(10-27)19-13-30-26-24-19/h1-2,5-6,13-14,16,18,21,23,25H,3-4,7-12H2. The Morgan fingerprint density at radius 2 is 2.10 bits per heavy atom. The first kappa shape index (κ1) is 20.0. The van der Waals surface area contributed by atoms with E-state index in [9.17, 15) is 9.18 Å². The van der Waals surface area contributed by atoms with Gasteiger partial charge >= 0.3 is 0 Å². The molecule has 0 aliphatic carbocycles. The monoisotopic (exact) mass is 430 g/mol. The molecule has 4 heterocycles. The Kier molecular flexibility index (Phi) is 5.77. The van der Waals surface area contributed by atoms with E-state index in [1.165, 1.54) is 17.6 Å². The van der Waals surface area contributed by atoms with Crippen molar-refractivity contribution in [2.75, 3.05) is 32.7 Å². The van der Waals surface area contributed by atoms with Gasteiger partial charge in [-0.25, -0.2) is 9.82 Å². The molecule has 160 valence electrons. The lowest BCUT2D eigenvalue weighted by Crippen LogP contribution is -2.51. The van der Waals surface area contributed by atoms with Crippen LogP contribution in [-0.4, -0.2) is 64.1 Å². The fourth-order valence-electron chi connectivity index (χ4n) is 5.15. The number of fused-ring (bicyclic) bond motifs is 1. The number of hydrogen-bond acceptors (Lipinski definition) is 7. The molecule has 1 aromatic carbocycles. The smallest absolute Gasteiger partial charge is 0.236 e. The van der Waals surface area contributed by atoms with E-state index in [2.05, 4.69) is 25.3 Å². The highest BCUT2D eigenvalue weighted by molar-refractivity contribution is 7.03. The summed E-state index contributed by atoms with van der Waals surface area (Å²) >= 11 is 1.39. The molecule has 3 aliphatic rings. The van der Waals surface area contributed by atoms with Crippen molar-refractivity contribution >= 4 is 17.4 Å². The molecule has 4 atom stereocenters. The van der Waals surface area contributed by atoms with Gasteiger partial charge in [0.2, 0.25) is 5.91 Å². The zero-order valence-electron chi connectivity index (χ0n) is 16.8. The lowest BCUT2D eigenvalue weighted by atomic mass is 9.85. The number of amides is 1. The molecule has 7 nitrogen and oxygen atoms in total. The van der Waals surface area contributed by atoms with E-state index in [0.717, 1.165) is 44.6 Å². The molecule has 2 aromatic rings. The summed E-state index contributed by atoms with van der Waals surface area (Å²) < 4.78 is 18.3. The number of nitrogens with zero attached hydrogens (tertiary/aromatic N) is 4. The molecule has 4 unspecified atom stereocenters. The van der Waals surface area contributed by atoms with E-state index in [-0.39, 0.29) is 29.7 Å². The van der Waals surface area contributed by atoms with Crippen LogP contribution in [0.2, 0.25) is 0 Å². The van der Waals surface area contributed by atoms with Gasteiger partial charge in [0.15, 0.2) is 0 Å². The highest BCUT2D eigenvalue weighted by Crippen LogP contribution is 2.35. The van der Waals surface area contributed by atoms with Crippen molar-refractivity contribution in [2.24, 2.45) is 5.92 Å². The van der Waals surface area contributed by atoms with Crippen LogP contribution in [0.15, 0.2) is 29.6 Å². The first-order valence-corrected chi connectivity index (χ1v) is 11.6. The number of halogens is 1. The number of likely N-dealkylation sites (tertiary alicyclic amines) is 2. The lowest BCUT2D eigenvalue weighted by molar-refractivity contribution is -0.134. The van der Waals surface area contributed by atoms with Gasteiger partial charge in [-0.05, 0) is 43.4 Å². The highest BCUT2D eigenvalue weighted by atomic mass is 32.1. The second-order valence-corrected chi connectivity index (χ2v) is 9.20. The number of benzene rings is 1. The quantitative estimate of drug-likeness (QED) is 0.772. The van der Waals surface area contributed by atoms with E-state index in [0.29, 0.717) is 24.6 Å². The van der Waals surface area contributed by atoms with Crippen molar-refractivity contribution in [3.8, 4) is 0 Å². The minimum absolute atomic E-state index is 0.122. The number of nitrogens with one attached hydrogen (secondary N) is 2. The third-order valence-corrected chi connectivity index (χ3v) is 7.29. The molecule has 3 saturated heterocycles. The van der Waals surface area contributed by atoms with Crippen molar-refractivity contribution in [1.82, 2.24) is 30.2 Å². The Labute approximate surface area is 179 Å². The predicted molar refractivity (Wildman–Crippen MR) is 112 cm³/mol. The maximum absolute atomic E-state index is 14.4. The fourth-order valence-corrected chi connectivity index (χ4v) is 5.68. The number of piperidine rings is 2. The minimum Gasteiger partial charge on any atom is -0.341 e. The Morgan fingerprint density at radius 3 is 2.93 bits per heavy atom. The minimum atomic E-state index is -0.197. The number of hydrazine groups is 1. The van der Waals surface area contributed by atoms with Crippen LogP contribution in [-0.2, 0) is 4.79 Å². The van der Waals surface area contributed by atoms with Crippen molar-refractivity contribution in [3.63, 3.8) is 0 Å². The van der Waals surface area contributed by atoms with Crippen LogP contribution in [0.5, 0.6) is 0 Å². The SMILES string of the molecule is O=C(CN1CCCC(c2csnn2)C1)N1CCC2NNC(c3ccccc3F)C2C1. The van der Waals surface area contributed by atoms with Gasteiger partial charge in [-0.3, -0.25) is 15.1 Å². The van der Waals surface area contributed by atoms with Gasteiger partial charge in [-0.15, -0.1) is 5.10 Å². The van der Waals surface area contributed by atoms with E-state index in [4.69, 9.17) is 0 Å². The molecule has 0 radical (unpaired) electrons. The molecule has 30 heavy (non-hydrogen) atoms. The Hall–Kier alpha value is -1.94. The van der Waals surface area contributed by atoms with Crippen LogP contribution >= 0.6 is 11.5 Å². The second-order valence-electron chi connectivity index (χ2n) is 8.59. The van der Waals surface area contributed by atoms with Gasteiger partial charge < -0.3 is 4.90 Å². The van der Waals surface area contributed by atoms with Crippen molar-refractivity contribution in [2.45, 2.75) is 37.3 Å². The molecule has 0 saturated carbocycles. The molecule has 2 N–H and O–H groups in total. The summed E-state index contributed by atoms with van der Waals surface area (Å²) in [5.41, 5.74) is 8.31. The van der Waals surface area contributed by atoms with E-state index < -0.39 is 0 Å². The third-order valence-electron chi connectivity index (χ3n) is 6.76. The van der Waals surface area contributed by atoms with Gasteiger partial charge in [-0.1, -0.05) is 22.7 Å². The molecule has 1 aromatic heterocycles. The summed E-state index contributed by atoms with van der Waals surface area (Å²) in [5.74, 6) is 0.501. The fraction of sp³-hybridized carbons (Fsp3) is 0.571. The van der Waals surface area contributed by atoms with Crippen LogP contribution in [0.1, 0.15) is 42.5 Å². The zero-order chi connectivity index (χ0) is 20.5. The molecular weight excluding hydrogens is 403 g/mol. The molecule has 3 fully saturated rings. The Morgan fingerprint density at radius 1 is 1.20 bits per heavy atom. The van der Waals surface area contributed by atoms with Crippen LogP contribution in [0, 0.1) is 11.7 Å². The van der Waals surface area contributed by atoms with Crippen molar-refractivity contribution < 1.29 is 9.18 Å². The first-order valence-electron chi connectivity index (χ1n) is 10.7. The van der Waals surface area contributed by atoms with Crippen molar-refractivity contribution in [3.05, 3.63) is 46.7 Å². The summed E-state index contributed by atoms with van der Waals surface area (Å²) in [7, 11) is 0.